The van der Waals surface area contributed by atoms with E-state index >= 15 is 0 Å². The van der Waals surface area contributed by atoms with E-state index in [-0.39, 0.29) is 16.2 Å². The lowest BCUT2D eigenvalue weighted by Crippen LogP contribution is -2.25. The number of sulfonamides is 1. The number of aromatic hydroxyl groups is 2. The molecule has 0 radical (unpaired) electrons. The maximum Gasteiger partial charge on any atom is 0.435 e. The van der Waals surface area contributed by atoms with Crippen LogP contribution >= 0.6 is 0 Å². The first kappa shape index (κ1) is 18.6. The highest BCUT2D eigenvalue weighted by atomic mass is 32.2. The summed E-state index contributed by atoms with van der Waals surface area (Å²) in [7, 11) is -4.22. The van der Waals surface area contributed by atoms with Gasteiger partial charge in [-0.15, -0.1) is 5.10 Å². The van der Waals surface area contributed by atoms with E-state index in [0.717, 1.165) is 12.1 Å². The minimum atomic E-state index is -4.82. The minimum Gasteiger partial charge on any atom is -0.504 e. The molecule has 11 heteroatoms. The lowest BCUT2D eigenvalue weighted by Gasteiger charge is -2.11. The molecule has 1 aromatic heterocycles. The lowest BCUT2D eigenvalue weighted by atomic mass is 10.1. The van der Waals surface area contributed by atoms with E-state index in [2.05, 4.69) is 5.10 Å². The molecular weight excluding hydrogens is 387 g/mol. The third-order valence-corrected chi connectivity index (χ3v) is 4.84. The van der Waals surface area contributed by atoms with Crippen LogP contribution in [-0.4, -0.2) is 28.5 Å². The highest BCUT2D eigenvalue weighted by Crippen LogP contribution is 2.34. The van der Waals surface area contributed by atoms with Crippen molar-refractivity contribution in [3.63, 3.8) is 0 Å². The van der Waals surface area contributed by atoms with Gasteiger partial charge in [0.2, 0.25) is 0 Å². The number of halogens is 3. The average Bonchev–Trinajstić information content (AvgIpc) is 3.01. The molecule has 3 aromatic rings. The largest absolute Gasteiger partial charge is 0.504 e. The molecule has 0 saturated carbocycles. The Morgan fingerprint density at radius 2 is 1.63 bits per heavy atom. The fraction of sp³-hybridized carbons (Fsp3) is 0.0625. The minimum absolute atomic E-state index is 0.00376. The van der Waals surface area contributed by atoms with Crippen molar-refractivity contribution in [2.24, 2.45) is 0 Å². The number of benzene rings is 2. The molecule has 0 fully saturated rings. The van der Waals surface area contributed by atoms with Crippen molar-refractivity contribution in [3.05, 3.63) is 60.3 Å². The summed E-state index contributed by atoms with van der Waals surface area (Å²) in [4.78, 5) is 2.24. The van der Waals surface area contributed by atoms with Gasteiger partial charge in [0, 0.05) is 5.56 Å². The van der Waals surface area contributed by atoms with Gasteiger partial charge < -0.3 is 10.2 Å². The number of aromatic nitrogens is 2. The summed E-state index contributed by atoms with van der Waals surface area (Å²) in [6, 6.07) is 10.9. The van der Waals surface area contributed by atoms with E-state index < -0.39 is 33.4 Å². The van der Waals surface area contributed by atoms with Crippen LogP contribution in [0.1, 0.15) is 5.69 Å². The van der Waals surface area contributed by atoms with E-state index in [9.17, 15) is 31.8 Å². The van der Waals surface area contributed by atoms with Gasteiger partial charge in [0.05, 0.1) is 10.6 Å². The third kappa shape index (κ3) is 3.82. The molecule has 0 unspecified atom stereocenters. The third-order valence-electron chi connectivity index (χ3n) is 3.53. The molecule has 7 nitrogen and oxygen atoms in total. The molecule has 0 aliphatic heterocycles. The first-order valence-electron chi connectivity index (χ1n) is 7.35. The van der Waals surface area contributed by atoms with Crippen LogP contribution in [-0.2, 0) is 16.2 Å². The normalized spacial score (nSPS) is 12.1. The SMILES string of the molecule is O=S(=O)(Nn1nc(C(F)(F)F)cc1-c1ccc(O)c(O)c1)c1ccccc1. The maximum absolute atomic E-state index is 13.1. The smallest absolute Gasteiger partial charge is 0.435 e. The van der Waals surface area contributed by atoms with Crippen LogP contribution in [0.3, 0.4) is 0 Å². The maximum atomic E-state index is 13.1. The van der Waals surface area contributed by atoms with Gasteiger partial charge in [-0.2, -0.15) is 31.2 Å². The number of phenols is 2. The Bertz CT molecular complexity index is 1080. The van der Waals surface area contributed by atoms with E-state index in [1.165, 1.54) is 30.3 Å². The Labute approximate surface area is 151 Å². The summed E-state index contributed by atoms with van der Waals surface area (Å²) < 4.78 is 64.0. The average molecular weight is 399 g/mol. The molecule has 0 aliphatic rings. The number of nitrogens with zero attached hydrogens (tertiary/aromatic N) is 2. The van der Waals surface area contributed by atoms with Crippen molar-refractivity contribution in [1.82, 2.24) is 9.89 Å². The summed E-state index contributed by atoms with van der Waals surface area (Å²) in [6.07, 6.45) is -4.82. The number of hydrogen-bond acceptors (Lipinski definition) is 5. The van der Waals surface area contributed by atoms with Crippen molar-refractivity contribution >= 4 is 10.0 Å². The second-order valence-electron chi connectivity index (χ2n) is 5.44. The highest BCUT2D eigenvalue weighted by molar-refractivity contribution is 7.92. The van der Waals surface area contributed by atoms with E-state index in [1.807, 2.05) is 4.83 Å². The van der Waals surface area contributed by atoms with Gasteiger partial charge in [0.1, 0.15) is 0 Å². The van der Waals surface area contributed by atoms with Crippen molar-refractivity contribution in [3.8, 4) is 22.8 Å². The van der Waals surface area contributed by atoms with Crippen molar-refractivity contribution in [1.29, 1.82) is 0 Å². The summed E-state index contributed by atoms with van der Waals surface area (Å²) >= 11 is 0. The van der Waals surface area contributed by atoms with Crippen LogP contribution in [0.5, 0.6) is 11.5 Å². The molecule has 3 N–H and O–H groups in total. The second kappa shape index (κ2) is 6.50. The molecule has 1 heterocycles. The molecule has 2 aromatic carbocycles. The zero-order valence-corrected chi connectivity index (χ0v) is 14.2. The van der Waals surface area contributed by atoms with Crippen molar-refractivity contribution < 1.29 is 31.8 Å². The number of alkyl halides is 3. The molecule has 0 amide bonds. The van der Waals surface area contributed by atoms with Crippen LogP contribution in [0.4, 0.5) is 13.2 Å². The monoisotopic (exact) mass is 399 g/mol. The van der Waals surface area contributed by atoms with E-state index in [1.54, 1.807) is 6.07 Å². The summed E-state index contributed by atoms with van der Waals surface area (Å²) in [5.74, 6) is -1.06. The number of nitrogens with one attached hydrogen (secondary N) is 1. The van der Waals surface area contributed by atoms with Crippen molar-refractivity contribution in [2.45, 2.75) is 11.1 Å². The Morgan fingerprint density at radius 3 is 2.22 bits per heavy atom. The Kier molecular flexibility index (Phi) is 4.47. The fourth-order valence-corrected chi connectivity index (χ4v) is 3.23. The molecule has 3 rings (SSSR count). The molecule has 27 heavy (non-hydrogen) atoms. The quantitative estimate of drug-likeness (QED) is 0.585. The fourth-order valence-electron chi connectivity index (χ4n) is 2.24. The lowest BCUT2D eigenvalue weighted by molar-refractivity contribution is -0.141. The number of hydrogen-bond donors (Lipinski definition) is 3. The standard InChI is InChI=1S/C16H12F3N3O4S/c17-16(18,19)15-9-12(10-6-7-13(23)14(24)8-10)22(20-15)21-27(25,26)11-4-2-1-3-5-11/h1-9,21,23-24H. The van der Waals surface area contributed by atoms with Gasteiger partial charge in [-0.1, -0.05) is 18.2 Å². The van der Waals surface area contributed by atoms with Crippen LogP contribution in [0.25, 0.3) is 11.3 Å². The molecular formula is C16H12F3N3O4S. The zero-order valence-electron chi connectivity index (χ0n) is 13.3. The highest BCUT2D eigenvalue weighted by Gasteiger charge is 2.36. The Morgan fingerprint density at radius 1 is 0.963 bits per heavy atom. The van der Waals surface area contributed by atoms with Gasteiger partial charge >= 0.3 is 6.18 Å². The summed E-state index contributed by atoms with van der Waals surface area (Å²) in [5.41, 5.74) is -1.61. The summed E-state index contributed by atoms with van der Waals surface area (Å²) in [5, 5.41) is 22.2. The number of rotatable bonds is 4. The van der Waals surface area contributed by atoms with Gasteiger partial charge in [0.15, 0.2) is 17.2 Å². The first-order chi connectivity index (χ1) is 12.6. The van der Waals surface area contributed by atoms with E-state index in [4.69, 9.17) is 0 Å². The number of phenolic OH excluding ortho intramolecular Hbond substituents is 2. The van der Waals surface area contributed by atoms with Crippen molar-refractivity contribution in [2.75, 3.05) is 4.83 Å². The van der Waals surface area contributed by atoms with Gasteiger partial charge in [-0.3, -0.25) is 0 Å². The Balaban J connectivity index is 2.11. The molecule has 0 spiro atoms. The summed E-state index contributed by atoms with van der Waals surface area (Å²) in [6.45, 7) is 0. The van der Waals surface area contributed by atoms with Gasteiger partial charge in [-0.05, 0) is 36.4 Å². The van der Waals surface area contributed by atoms with Crippen LogP contribution in [0, 0.1) is 0 Å². The predicted molar refractivity (Wildman–Crippen MR) is 89.0 cm³/mol. The predicted octanol–water partition coefficient (Wildman–Crippen LogP) is 2.91. The first-order valence-corrected chi connectivity index (χ1v) is 8.84. The Hall–Kier alpha value is -3.21. The second-order valence-corrected chi connectivity index (χ2v) is 7.10. The van der Waals surface area contributed by atoms with E-state index in [0.29, 0.717) is 10.9 Å². The van der Waals surface area contributed by atoms with Crippen LogP contribution < -0.4 is 4.83 Å². The molecule has 142 valence electrons. The molecule has 0 bridgehead atoms. The van der Waals surface area contributed by atoms with Gasteiger partial charge in [0.25, 0.3) is 10.0 Å². The van der Waals surface area contributed by atoms with Crippen LogP contribution in [0.15, 0.2) is 59.5 Å². The molecule has 0 saturated heterocycles. The van der Waals surface area contributed by atoms with Gasteiger partial charge in [-0.25, -0.2) is 0 Å². The molecule has 0 aliphatic carbocycles. The molecule has 0 atom stereocenters. The zero-order chi connectivity index (χ0) is 19.8. The topological polar surface area (TPSA) is 104 Å². The van der Waals surface area contributed by atoms with Crippen LogP contribution in [0.2, 0.25) is 0 Å².